The highest BCUT2D eigenvalue weighted by atomic mass is 19.3. The summed E-state index contributed by atoms with van der Waals surface area (Å²) in [7, 11) is 0. The minimum atomic E-state index is -2.62. The average Bonchev–Trinajstić information content (AvgIpc) is 3.28. The van der Waals surface area contributed by atoms with Crippen molar-refractivity contribution in [3.8, 4) is 0 Å². The molecule has 232 valence electrons. The van der Waals surface area contributed by atoms with Gasteiger partial charge in [0.25, 0.3) is 6.43 Å². The molecule has 2 aromatic rings. The molecule has 43 heavy (non-hydrogen) atoms. The topological polar surface area (TPSA) is 70.0 Å². The third kappa shape index (κ3) is 4.83. The van der Waals surface area contributed by atoms with Crippen LogP contribution in [-0.2, 0) is 28.1 Å². The quantitative estimate of drug-likeness (QED) is 0.494. The van der Waals surface area contributed by atoms with Crippen molar-refractivity contribution in [2.75, 3.05) is 55.6 Å². The van der Waals surface area contributed by atoms with Gasteiger partial charge in [-0.15, -0.1) is 0 Å². The largest absolute Gasteiger partial charge is 0.365 e. The second kappa shape index (κ2) is 10.5. The number of amides is 1. The molecule has 5 aliphatic rings. The molecule has 5 aliphatic heterocycles. The zero-order valence-electron chi connectivity index (χ0n) is 25.6. The van der Waals surface area contributed by atoms with Crippen molar-refractivity contribution in [2.45, 2.75) is 89.1 Å². The zero-order valence-corrected chi connectivity index (χ0v) is 25.6. The number of fused-ring (bicyclic) bond motifs is 5. The fourth-order valence-electron chi connectivity index (χ4n) is 8.42. The summed E-state index contributed by atoms with van der Waals surface area (Å²) in [5, 5.41) is 4.64. The van der Waals surface area contributed by atoms with Crippen LogP contribution >= 0.6 is 0 Å². The molecule has 11 heteroatoms. The number of carbonyl (C=O) groups is 1. The minimum Gasteiger partial charge on any atom is -0.365 e. The highest BCUT2D eigenvalue weighted by Gasteiger charge is 2.49. The van der Waals surface area contributed by atoms with Crippen molar-refractivity contribution < 1.29 is 18.3 Å². The van der Waals surface area contributed by atoms with Gasteiger partial charge in [0.2, 0.25) is 5.91 Å². The van der Waals surface area contributed by atoms with E-state index in [0.29, 0.717) is 56.6 Å². The number of hydrogen-bond acceptors (Lipinski definition) is 7. The number of rotatable bonds is 4. The third-order valence-corrected chi connectivity index (χ3v) is 10.4. The van der Waals surface area contributed by atoms with Gasteiger partial charge in [0, 0.05) is 75.2 Å². The standard InChI is InChI=1S/C32H43F2N7O2/c1-5-27(42)39-15-13-37(14-16-39)25-19-40-23(25)8-6-7-22-24(40)17-26(36-28(22)30(33)34)38-11-9-32(10-12-38)29-21(2)18-35-41(29)20-31(3,4)43-32/h5,17-18,23,25,30H,1,6-16,19-20H2,2-4H3. The van der Waals surface area contributed by atoms with Gasteiger partial charge in [-0.05, 0) is 64.5 Å². The SMILES string of the molecule is C=CC(=O)N1CCN(C2CN3c4cc(N5CCC6(CC5)OC(C)(C)Cn5ncc(C)c56)nc(C(F)F)c4CCCC23)CC1. The Morgan fingerprint density at radius 1 is 1.14 bits per heavy atom. The normalized spacial score (nSPS) is 26.4. The van der Waals surface area contributed by atoms with Crippen molar-refractivity contribution in [3.05, 3.63) is 47.4 Å². The van der Waals surface area contributed by atoms with Crippen LogP contribution in [0.1, 0.15) is 68.5 Å². The molecule has 0 radical (unpaired) electrons. The number of aromatic nitrogens is 3. The van der Waals surface area contributed by atoms with E-state index in [4.69, 9.17) is 4.74 Å². The fourth-order valence-corrected chi connectivity index (χ4v) is 8.42. The molecule has 3 saturated heterocycles. The van der Waals surface area contributed by atoms with E-state index in [-0.39, 0.29) is 23.2 Å². The summed E-state index contributed by atoms with van der Waals surface area (Å²) in [4.78, 5) is 25.5. The number of carbonyl (C=O) groups excluding carboxylic acids is 1. The Kier molecular flexibility index (Phi) is 7.04. The molecule has 2 aromatic heterocycles. The van der Waals surface area contributed by atoms with Crippen LogP contribution in [0.15, 0.2) is 24.9 Å². The third-order valence-electron chi connectivity index (χ3n) is 10.4. The lowest BCUT2D eigenvalue weighted by molar-refractivity contribution is -0.187. The Labute approximate surface area is 252 Å². The lowest BCUT2D eigenvalue weighted by Gasteiger charge is -2.55. The number of anilines is 2. The zero-order chi connectivity index (χ0) is 30.1. The Morgan fingerprint density at radius 3 is 2.58 bits per heavy atom. The van der Waals surface area contributed by atoms with Gasteiger partial charge in [-0.3, -0.25) is 14.4 Å². The maximum absolute atomic E-state index is 14.5. The number of piperazine rings is 1. The van der Waals surface area contributed by atoms with Gasteiger partial charge in [-0.25, -0.2) is 13.8 Å². The van der Waals surface area contributed by atoms with E-state index in [1.165, 1.54) is 6.08 Å². The predicted octanol–water partition coefficient (Wildman–Crippen LogP) is 4.05. The summed E-state index contributed by atoms with van der Waals surface area (Å²) in [5.41, 5.74) is 3.10. The number of nitrogens with zero attached hydrogens (tertiary/aromatic N) is 7. The first-order valence-electron chi connectivity index (χ1n) is 15.8. The number of hydrogen-bond donors (Lipinski definition) is 0. The predicted molar refractivity (Wildman–Crippen MR) is 161 cm³/mol. The summed E-state index contributed by atoms with van der Waals surface area (Å²) in [5.74, 6) is 0.630. The maximum atomic E-state index is 14.5. The van der Waals surface area contributed by atoms with Crippen LogP contribution in [0.2, 0.25) is 0 Å². The van der Waals surface area contributed by atoms with Gasteiger partial charge in [0.05, 0.1) is 24.0 Å². The Hall–Kier alpha value is -3.05. The molecule has 1 spiro atoms. The highest BCUT2D eigenvalue weighted by Crippen LogP contribution is 2.47. The van der Waals surface area contributed by atoms with Gasteiger partial charge in [-0.1, -0.05) is 6.58 Å². The van der Waals surface area contributed by atoms with Gasteiger partial charge < -0.3 is 19.4 Å². The van der Waals surface area contributed by atoms with Crippen molar-refractivity contribution in [1.82, 2.24) is 24.6 Å². The van der Waals surface area contributed by atoms with Gasteiger partial charge in [0.1, 0.15) is 17.1 Å². The molecule has 2 atom stereocenters. The lowest BCUT2D eigenvalue weighted by Crippen LogP contribution is -2.69. The summed E-state index contributed by atoms with van der Waals surface area (Å²) < 4.78 is 38.0. The first kappa shape index (κ1) is 28.7. The fraction of sp³-hybridized carbons (Fsp3) is 0.656. The monoisotopic (exact) mass is 595 g/mol. The molecule has 3 fully saturated rings. The highest BCUT2D eigenvalue weighted by molar-refractivity contribution is 5.87. The molecule has 0 saturated carbocycles. The van der Waals surface area contributed by atoms with Crippen LogP contribution in [0.25, 0.3) is 0 Å². The van der Waals surface area contributed by atoms with Gasteiger partial charge in [-0.2, -0.15) is 5.10 Å². The lowest BCUT2D eigenvalue weighted by atomic mass is 9.83. The van der Waals surface area contributed by atoms with Gasteiger partial charge >= 0.3 is 0 Å². The van der Waals surface area contributed by atoms with Crippen molar-refractivity contribution in [3.63, 3.8) is 0 Å². The number of pyridine rings is 1. The second-order valence-corrected chi connectivity index (χ2v) is 13.6. The molecule has 0 bridgehead atoms. The minimum absolute atomic E-state index is 0.0130. The Morgan fingerprint density at radius 2 is 1.88 bits per heavy atom. The smallest absolute Gasteiger partial charge is 0.280 e. The molecule has 2 unspecified atom stereocenters. The van der Waals surface area contributed by atoms with E-state index < -0.39 is 12.0 Å². The Bertz CT molecular complexity index is 1410. The summed E-state index contributed by atoms with van der Waals surface area (Å²) in [6.07, 6.45) is 4.65. The van der Waals surface area contributed by atoms with Crippen molar-refractivity contribution >= 4 is 17.4 Å². The molecular weight excluding hydrogens is 552 g/mol. The van der Waals surface area contributed by atoms with Crippen LogP contribution in [0.3, 0.4) is 0 Å². The van der Waals surface area contributed by atoms with Crippen molar-refractivity contribution in [1.29, 1.82) is 0 Å². The number of aryl methyl sites for hydroxylation is 1. The second-order valence-electron chi connectivity index (χ2n) is 13.6. The molecule has 7 rings (SSSR count). The van der Waals surface area contributed by atoms with Crippen molar-refractivity contribution in [2.24, 2.45) is 0 Å². The van der Waals surface area contributed by atoms with E-state index in [0.717, 1.165) is 62.3 Å². The van der Waals surface area contributed by atoms with E-state index in [2.05, 4.69) is 62.9 Å². The molecule has 1 amide bonds. The summed E-state index contributed by atoms with van der Waals surface area (Å²) >= 11 is 0. The van der Waals surface area contributed by atoms with E-state index in [1.54, 1.807) is 0 Å². The molecule has 9 nitrogen and oxygen atoms in total. The summed E-state index contributed by atoms with van der Waals surface area (Å²) in [6.45, 7) is 15.9. The van der Waals surface area contributed by atoms with Gasteiger partial charge in [0.15, 0.2) is 0 Å². The molecule has 0 aromatic carbocycles. The number of alkyl halides is 2. The first-order valence-corrected chi connectivity index (χ1v) is 15.8. The van der Waals surface area contributed by atoms with Crippen LogP contribution in [0, 0.1) is 6.92 Å². The molecule has 0 N–H and O–H groups in total. The van der Waals surface area contributed by atoms with E-state index in [1.807, 2.05) is 11.1 Å². The van der Waals surface area contributed by atoms with Crippen LogP contribution in [-0.4, -0.2) is 94.0 Å². The maximum Gasteiger partial charge on any atom is 0.280 e. The number of halogens is 2. The number of piperidine rings is 1. The first-order chi connectivity index (χ1) is 20.6. The van der Waals surface area contributed by atoms with Crippen LogP contribution in [0.4, 0.5) is 20.3 Å². The Balaban J connectivity index is 1.12. The van der Waals surface area contributed by atoms with E-state index in [9.17, 15) is 13.6 Å². The molecular formula is C32H43F2N7O2. The molecule has 7 heterocycles. The number of ether oxygens (including phenoxy) is 1. The summed E-state index contributed by atoms with van der Waals surface area (Å²) in [6, 6.07) is 2.73. The average molecular weight is 596 g/mol. The van der Waals surface area contributed by atoms with Crippen LogP contribution < -0.4 is 9.80 Å². The van der Waals surface area contributed by atoms with Crippen LogP contribution in [0.5, 0.6) is 0 Å². The van der Waals surface area contributed by atoms with E-state index >= 15 is 0 Å². The molecule has 0 aliphatic carbocycles.